The van der Waals surface area contributed by atoms with Gasteiger partial charge < -0.3 is 10.1 Å². The summed E-state index contributed by atoms with van der Waals surface area (Å²) < 4.78 is 74.4. The Hall–Kier alpha value is -3.53. The van der Waals surface area contributed by atoms with Crippen molar-refractivity contribution in [2.45, 2.75) is 56.8 Å². The van der Waals surface area contributed by atoms with Crippen LogP contribution in [0.3, 0.4) is 0 Å². The zero-order valence-corrected chi connectivity index (χ0v) is 22.3. The normalized spacial score (nSPS) is 16.8. The highest BCUT2D eigenvalue weighted by atomic mass is 32.2. The minimum atomic E-state index is -4.69. The smallest absolute Gasteiger partial charge is 0.416 e. The molecule has 1 aliphatic heterocycles. The second-order valence-corrected chi connectivity index (χ2v) is 12.0. The van der Waals surface area contributed by atoms with E-state index in [1.54, 1.807) is 19.1 Å². The van der Waals surface area contributed by atoms with Gasteiger partial charge in [-0.25, -0.2) is 8.42 Å². The Bertz CT molecular complexity index is 1450. The van der Waals surface area contributed by atoms with Gasteiger partial charge in [-0.1, -0.05) is 41.5 Å². The van der Waals surface area contributed by atoms with Crippen LogP contribution < -0.4 is 14.4 Å². The molecule has 1 atom stereocenters. The number of nitrogens with zero attached hydrogens (tertiary/aromatic N) is 1. The van der Waals surface area contributed by atoms with Gasteiger partial charge in [0.25, 0.3) is 10.0 Å². The second kappa shape index (κ2) is 9.98. The van der Waals surface area contributed by atoms with E-state index in [1.807, 2.05) is 39.0 Å². The molecule has 0 saturated carbocycles. The molecule has 0 bridgehead atoms. The van der Waals surface area contributed by atoms with Crippen LogP contribution in [0.2, 0.25) is 0 Å². The van der Waals surface area contributed by atoms with Gasteiger partial charge in [0.05, 0.1) is 22.2 Å². The van der Waals surface area contributed by atoms with Crippen molar-refractivity contribution in [2.75, 3.05) is 10.8 Å². The largest absolute Gasteiger partial charge is 0.487 e. The van der Waals surface area contributed by atoms with Gasteiger partial charge in [0.2, 0.25) is 5.91 Å². The molecule has 38 heavy (non-hydrogen) atoms. The average molecular weight is 547 g/mol. The number of hydrogen-bond donors (Lipinski definition) is 1. The molecule has 6 nitrogen and oxygen atoms in total. The Kier molecular flexibility index (Phi) is 7.22. The van der Waals surface area contributed by atoms with Gasteiger partial charge in [0.15, 0.2) is 0 Å². The number of rotatable bonds is 6. The van der Waals surface area contributed by atoms with E-state index >= 15 is 0 Å². The highest BCUT2D eigenvalue weighted by Crippen LogP contribution is 2.40. The summed E-state index contributed by atoms with van der Waals surface area (Å²) in [6, 6.07) is 15.0. The van der Waals surface area contributed by atoms with Crippen LogP contribution in [-0.4, -0.2) is 26.5 Å². The fraction of sp³-hybridized carbons (Fsp3) is 0.321. The summed E-state index contributed by atoms with van der Waals surface area (Å²) in [5.41, 5.74) is 0.635. The van der Waals surface area contributed by atoms with Crippen LogP contribution in [0.15, 0.2) is 71.6 Å². The molecule has 0 saturated heterocycles. The molecule has 1 amide bonds. The van der Waals surface area contributed by atoms with Crippen LogP contribution in [0.25, 0.3) is 0 Å². The molecule has 4 rings (SSSR count). The Labute approximate surface area is 220 Å². The summed E-state index contributed by atoms with van der Waals surface area (Å²) in [7, 11) is -4.38. The first-order valence-electron chi connectivity index (χ1n) is 12.0. The summed E-state index contributed by atoms with van der Waals surface area (Å²) in [6.07, 6.45) is -4.27. The van der Waals surface area contributed by atoms with Crippen LogP contribution in [0, 0.1) is 13.8 Å². The minimum absolute atomic E-state index is 0.138. The van der Waals surface area contributed by atoms with E-state index in [-0.39, 0.29) is 10.6 Å². The SMILES string of the molecule is Cc1ccc(S(=O)(=O)N(CC(=O)NC2CC(C)(C)Oc3ccc(C)cc32)c2cccc(C(F)(F)F)c2)cc1. The minimum Gasteiger partial charge on any atom is -0.487 e. The van der Waals surface area contributed by atoms with Gasteiger partial charge in [0.1, 0.15) is 17.9 Å². The number of amides is 1. The first-order chi connectivity index (χ1) is 17.7. The number of anilines is 1. The lowest BCUT2D eigenvalue weighted by Gasteiger charge is -2.38. The summed E-state index contributed by atoms with van der Waals surface area (Å²) in [5, 5.41) is 2.89. The van der Waals surface area contributed by atoms with Crippen molar-refractivity contribution in [2.24, 2.45) is 0 Å². The number of fused-ring (bicyclic) bond motifs is 1. The van der Waals surface area contributed by atoms with Crippen molar-refractivity contribution in [1.82, 2.24) is 5.32 Å². The van der Waals surface area contributed by atoms with E-state index in [9.17, 15) is 26.4 Å². The van der Waals surface area contributed by atoms with Gasteiger partial charge in [-0.2, -0.15) is 13.2 Å². The van der Waals surface area contributed by atoms with Crippen LogP contribution in [0.4, 0.5) is 18.9 Å². The molecule has 10 heteroatoms. The van der Waals surface area contributed by atoms with Crippen molar-refractivity contribution in [1.29, 1.82) is 0 Å². The molecule has 3 aromatic carbocycles. The molecule has 1 N–H and O–H groups in total. The van der Waals surface area contributed by atoms with Gasteiger partial charge in [-0.3, -0.25) is 9.10 Å². The third kappa shape index (κ3) is 5.96. The first-order valence-corrected chi connectivity index (χ1v) is 13.5. The topological polar surface area (TPSA) is 75.7 Å². The zero-order chi connectivity index (χ0) is 27.9. The van der Waals surface area contributed by atoms with Gasteiger partial charge in [0, 0.05) is 12.0 Å². The Morgan fingerprint density at radius 3 is 2.34 bits per heavy atom. The van der Waals surface area contributed by atoms with Crippen molar-refractivity contribution in [3.63, 3.8) is 0 Å². The number of halogens is 3. The van der Waals surface area contributed by atoms with Crippen molar-refractivity contribution in [3.8, 4) is 5.75 Å². The zero-order valence-electron chi connectivity index (χ0n) is 21.5. The number of benzene rings is 3. The maximum absolute atomic E-state index is 13.6. The van der Waals surface area contributed by atoms with E-state index < -0.39 is 45.9 Å². The van der Waals surface area contributed by atoms with Crippen LogP contribution >= 0.6 is 0 Å². The standard InChI is InChI=1S/C28H29F3N2O4S/c1-18-8-11-22(12-9-18)38(35,36)33(21-7-5-6-20(15-21)28(29,30)31)17-26(34)32-24-16-27(3,4)37-25-13-10-19(2)14-23(24)25/h5-15,24H,16-17H2,1-4H3,(H,32,34). The first kappa shape index (κ1) is 27.5. The summed E-state index contributed by atoms with van der Waals surface area (Å²) in [5.74, 6) is -0.0487. The molecule has 0 radical (unpaired) electrons. The predicted octanol–water partition coefficient (Wildman–Crippen LogP) is 5.94. The molecule has 0 aliphatic carbocycles. The predicted molar refractivity (Wildman–Crippen MR) is 139 cm³/mol. The van der Waals surface area contributed by atoms with Crippen molar-refractivity contribution in [3.05, 3.63) is 89.0 Å². The third-order valence-electron chi connectivity index (χ3n) is 6.32. The quantitative estimate of drug-likeness (QED) is 0.416. The number of carbonyl (C=O) groups excluding carboxylic acids is 1. The number of sulfonamides is 1. The average Bonchev–Trinajstić information content (AvgIpc) is 2.82. The van der Waals surface area contributed by atoms with E-state index in [1.165, 1.54) is 18.2 Å². The van der Waals surface area contributed by atoms with Gasteiger partial charge in [-0.15, -0.1) is 0 Å². The Morgan fingerprint density at radius 2 is 1.68 bits per heavy atom. The molecule has 1 aliphatic rings. The molecular weight excluding hydrogens is 517 g/mol. The number of ether oxygens (including phenoxy) is 1. The lowest BCUT2D eigenvalue weighted by molar-refractivity contribution is -0.137. The van der Waals surface area contributed by atoms with Gasteiger partial charge in [-0.05, 0) is 64.1 Å². The summed E-state index contributed by atoms with van der Waals surface area (Å²) in [4.78, 5) is 13.2. The van der Waals surface area contributed by atoms with Gasteiger partial charge >= 0.3 is 6.18 Å². The fourth-order valence-electron chi connectivity index (χ4n) is 4.46. The highest BCUT2D eigenvalue weighted by molar-refractivity contribution is 7.92. The molecule has 202 valence electrons. The second-order valence-electron chi connectivity index (χ2n) is 10.1. The molecular formula is C28H29F3N2O4S. The number of alkyl halides is 3. The maximum Gasteiger partial charge on any atom is 0.416 e. The van der Waals surface area contributed by atoms with Crippen LogP contribution in [-0.2, 0) is 21.0 Å². The van der Waals surface area contributed by atoms with E-state index in [2.05, 4.69) is 5.32 Å². The molecule has 0 fully saturated rings. The van der Waals surface area contributed by atoms with Crippen LogP contribution in [0.5, 0.6) is 5.75 Å². The van der Waals surface area contributed by atoms with E-state index in [0.29, 0.717) is 16.5 Å². The Balaban J connectivity index is 1.70. The third-order valence-corrected chi connectivity index (χ3v) is 8.10. The number of nitrogens with one attached hydrogen (secondary N) is 1. The van der Waals surface area contributed by atoms with E-state index in [0.717, 1.165) is 34.9 Å². The van der Waals surface area contributed by atoms with E-state index in [4.69, 9.17) is 4.74 Å². The lowest BCUT2D eigenvalue weighted by atomic mass is 9.89. The molecule has 1 unspecified atom stereocenters. The number of carbonyl (C=O) groups is 1. The monoisotopic (exact) mass is 546 g/mol. The van der Waals surface area contributed by atoms with Crippen LogP contribution in [0.1, 0.15) is 48.6 Å². The molecule has 1 heterocycles. The Morgan fingerprint density at radius 1 is 1.03 bits per heavy atom. The highest BCUT2D eigenvalue weighted by Gasteiger charge is 2.36. The number of aryl methyl sites for hydroxylation is 2. The maximum atomic E-state index is 13.6. The summed E-state index contributed by atoms with van der Waals surface area (Å²) in [6.45, 7) is 6.74. The number of hydrogen-bond acceptors (Lipinski definition) is 4. The molecule has 0 aromatic heterocycles. The molecule has 3 aromatic rings. The molecule has 0 spiro atoms. The summed E-state index contributed by atoms with van der Waals surface area (Å²) >= 11 is 0. The van der Waals surface area contributed by atoms with Crippen molar-refractivity contribution < 1.29 is 31.1 Å². The fourth-order valence-corrected chi connectivity index (χ4v) is 5.88. The lowest BCUT2D eigenvalue weighted by Crippen LogP contribution is -2.45. The van der Waals surface area contributed by atoms with Crippen molar-refractivity contribution >= 4 is 21.6 Å².